The minimum absolute atomic E-state index is 0.708. The maximum absolute atomic E-state index is 9.92. The molecular weight excluding hydrogens is 1280 g/mol. The van der Waals surface area contributed by atoms with Crippen LogP contribution in [0.3, 0.4) is 0 Å². The zero-order chi connectivity index (χ0) is 69.8. The average Bonchev–Trinajstić information content (AvgIpc) is 1.58. The highest BCUT2D eigenvalue weighted by molar-refractivity contribution is 6.29. The largest absolute Gasteiger partial charge is 0.309 e. The number of aromatic nitrogens is 2. The van der Waals surface area contributed by atoms with E-state index in [2.05, 4.69) is 361 Å². The first-order valence-corrected chi connectivity index (χ1v) is 36.2. The summed E-state index contributed by atoms with van der Waals surface area (Å²) in [6, 6.07) is 133. The van der Waals surface area contributed by atoms with Gasteiger partial charge in [-0.3, -0.25) is 0 Å². The molecule has 486 valence electrons. The third-order valence-electron chi connectivity index (χ3n) is 22.7. The van der Waals surface area contributed by atoms with E-state index in [4.69, 9.17) is 0 Å². The second-order valence-electron chi connectivity index (χ2n) is 28.5. The quantitative estimate of drug-likeness (QED) is 0.142. The van der Waals surface area contributed by atoms with Crippen molar-refractivity contribution in [2.75, 3.05) is 0 Å². The van der Waals surface area contributed by atoms with Crippen LogP contribution in [0.4, 0.5) is 0 Å². The van der Waals surface area contributed by atoms with Crippen molar-refractivity contribution < 1.29 is 0 Å². The molecule has 0 N–H and O–H groups in total. The van der Waals surface area contributed by atoms with Gasteiger partial charge in [-0.05, 0) is 280 Å². The molecule has 0 aliphatic heterocycles. The summed E-state index contributed by atoms with van der Waals surface area (Å²) in [5, 5.41) is 46.9. The third-order valence-corrected chi connectivity index (χ3v) is 22.7. The van der Waals surface area contributed by atoms with E-state index in [0.29, 0.717) is 11.1 Å². The highest BCUT2D eigenvalue weighted by atomic mass is 15.0. The van der Waals surface area contributed by atoms with Gasteiger partial charge in [-0.15, -0.1) is 0 Å². The van der Waals surface area contributed by atoms with E-state index in [-0.39, 0.29) is 0 Å². The van der Waals surface area contributed by atoms with Crippen molar-refractivity contribution in [2.24, 2.45) is 0 Å². The smallest absolute Gasteiger partial charge is 0.0998 e. The Balaban J connectivity index is 0.000000133. The summed E-state index contributed by atoms with van der Waals surface area (Å²) in [5.41, 5.74) is 22.7. The van der Waals surface area contributed by atoms with Crippen LogP contribution in [0.15, 0.2) is 352 Å². The Labute approximate surface area is 609 Å². The lowest BCUT2D eigenvalue weighted by Gasteiger charge is -2.15. The first-order chi connectivity index (χ1) is 52.4. The Morgan fingerprint density at radius 1 is 0.170 bits per heavy atom. The summed E-state index contributed by atoms with van der Waals surface area (Å²) in [6.45, 7) is 0. The molecule has 0 aliphatic carbocycles. The lowest BCUT2D eigenvalue weighted by molar-refractivity contribution is 1.18. The van der Waals surface area contributed by atoms with Crippen LogP contribution < -0.4 is 0 Å². The molecule has 106 heavy (non-hydrogen) atoms. The maximum atomic E-state index is 9.92. The lowest BCUT2D eigenvalue weighted by Crippen LogP contribution is -1.93. The molecule has 0 atom stereocenters. The van der Waals surface area contributed by atoms with Crippen LogP contribution >= 0.6 is 0 Å². The summed E-state index contributed by atoms with van der Waals surface area (Å²) >= 11 is 0. The number of rotatable bonds is 8. The first kappa shape index (κ1) is 59.3. The molecule has 0 aliphatic rings. The number of benzene rings is 21. The molecule has 0 unspecified atom stereocenters. The predicted octanol–water partition coefficient (Wildman–Crippen LogP) is 27.4. The van der Waals surface area contributed by atoms with Gasteiger partial charge < -0.3 is 9.13 Å². The molecule has 4 nitrogen and oxygen atoms in total. The van der Waals surface area contributed by atoms with Gasteiger partial charge in [-0.1, -0.05) is 224 Å². The second-order valence-corrected chi connectivity index (χ2v) is 28.5. The van der Waals surface area contributed by atoms with Crippen molar-refractivity contribution in [1.29, 1.82) is 10.5 Å². The number of para-hydroxylation sites is 2. The van der Waals surface area contributed by atoms with E-state index < -0.39 is 0 Å². The monoisotopic (exact) mass is 1340 g/mol. The van der Waals surface area contributed by atoms with Crippen molar-refractivity contribution in [3.8, 4) is 90.3 Å². The Morgan fingerprint density at radius 2 is 0.434 bits per heavy atom. The van der Waals surface area contributed by atoms with Crippen molar-refractivity contribution in [3.63, 3.8) is 0 Å². The van der Waals surface area contributed by atoms with Crippen molar-refractivity contribution in [1.82, 2.24) is 9.13 Å². The molecular formula is C102H58N4. The summed E-state index contributed by atoms with van der Waals surface area (Å²) in [5.74, 6) is 0. The van der Waals surface area contributed by atoms with E-state index in [1.54, 1.807) is 0 Å². The molecule has 21 aromatic carbocycles. The normalized spacial score (nSPS) is 11.9. The van der Waals surface area contributed by atoms with Crippen LogP contribution in [0.5, 0.6) is 0 Å². The highest BCUT2D eigenvalue weighted by Gasteiger charge is 2.23. The highest BCUT2D eigenvalue weighted by Crippen LogP contribution is 2.47. The molecule has 23 aromatic rings. The molecule has 23 rings (SSSR count). The van der Waals surface area contributed by atoms with Gasteiger partial charge in [0.05, 0.1) is 45.3 Å². The standard InChI is InChI=1S/C53H30N2.C49H28N2/c54-31-42-21-23-48-53-47(42)22-20-41-29-45(30-49(52(41)53)55(48)46-8-2-1-3-9-46)34-12-10-33(11-13-34)43-25-37-16-18-39-27-44(28-40-19-17-38(26-43)50(37)51(39)40)36-15-14-32-6-4-5-7-35(32)24-36;50-29-38-20-22-44-49-43(38)21-19-37-27-41(28-45(48(37)49)51(44)42-9-5-2-6-10-42)32-13-11-31(12-14-32)40-25-35-17-15-33-23-39(30-7-3-1-4-8-30)24-34-16-18-36(26-40)47(35)46(33)34/h1-30H;1-28H. The van der Waals surface area contributed by atoms with Crippen LogP contribution in [-0.2, 0) is 0 Å². The fourth-order valence-electron chi connectivity index (χ4n) is 17.8. The average molecular weight is 1340 g/mol. The predicted molar refractivity (Wildman–Crippen MR) is 446 cm³/mol. The third kappa shape index (κ3) is 9.12. The number of hydrogen-bond acceptors (Lipinski definition) is 2. The summed E-state index contributed by atoms with van der Waals surface area (Å²) in [4.78, 5) is 0. The van der Waals surface area contributed by atoms with Crippen LogP contribution in [0.25, 0.3) is 219 Å². The zero-order valence-electron chi connectivity index (χ0n) is 57.3. The van der Waals surface area contributed by atoms with E-state index in [9.17, 15) is 10.5 Å². The van der Waals surface area contributed by atoms with Gasteiger partial charge in [0.25, 0.3) is 0 Å². The SMILES string of the molecule is N#Cc1ccc2c3c1ccc1cc(-c4ccc(-c5cc6ccc7cc(-c8ccc9ccccc9c8)cc8ccc(c5)c6c78)cc4)cc(c13)n2-c1ccccc1.N#Cc1ccc2c3c1ccc1cc(-c4ccc(-c5cc6ccc7cc(-c8ccccc8)cc8ccc(c5)c6c78)cc4)cc(c13)n2-c1ccccc1. The van der Waals surface area contributed by atoms with Gasteiger partial charge >= 0.3 is 0 Å². The molecule has 0 radical (unpaired) electrons. The second kappa shape index (κ2) is 23.0. The van der Waals surface area contributed by atoms with Gasteiger partial charge in [0.1, 0.15) is 0 Å². The van der Waals surface area contributed by atoms with Gasteiger partial charge in [0, 0.05) is 43.7 Å². The van der Waals surface area contributed by atoms with Gasteiger partial charge in [0.15, 0.2) is 0 Å². The van der Waals surface area contributed by atoms with Gasteiger partial charge in [-0.25, -0.2) is 0 Å². The van der Waals surface area contributed by atoms with E-state index in [1.165, 1.54) is 164 Å². The zero-order valence-corrected chi connectivity index (χ0v) is 57.3. The van der Waals surface area contributed by atoms with E-state index in [1.807, 2.05) is 12.1 Å². The van der Waals surface area contributed by atoms with Crippen LogP contribution in [-0.4, -0.2) is 9.13 Å². The Hall–Kier alpha value is -14.4. The molecule has 4 heteroatoms. The number of hydrogen-bond donors (Lipinski definition) is 0. The van der Waals surface area contributed by atoms with Crippen LogP contribution in [0, 0.1) is 22.7 Å². The van der Waals surface area contributed by atoms with E-state index >= 15 is 0 Å². The molecule has 0 bridgehead atoms. The summed E-state index contributed by atoms with van der Waals surface area (Å²) in [7, 11) is 0. The van der Waals surface area contributed by atoms with E-state index in [0.717, 1.165) is 55.0 Å². The Morgan fingerprint density at radius 3 is 0.792 bits per heavy atom. The molecule has 0 saturated heterocycles. The number of nitriles is 2. The minimum Gasteiger partial charge on any atom is -0.309 e. The van der Waals surface area contributed by atoms with Crippen molar-refractivity contribution in [3.05, 3.63) is 363 Å². The fraction of sp³-hybridized carbons (Fsp3) is 0. The Kier molecular flexibility index (Phi) is 12.9. The molecule has 0 fully saturated rings. The molecule has 0 saturated carbocycles. The minimum atomic E-state index is 0.708. The topological polar surface area (TPSA) is 57.4 Å². The summed E-state index contributed by atoms with van der Waals surface area (Å²) in [6.07, 6.45) is 0. The van der Waals surface area contributed by atoms with Gasteiger partial charge in [-0.2, -0.15) is 10.5 Å². The summed E-state index contributed by atoms with van der Waals surface area (Å²) < 4.78 is 4.69. The number of nitrogens with zero attached hydrogens (tertiary/aromatic N) is 4. The van der Waals surface area contributed by atoms with Crippen LogP contribution in [0.2, 0.25) is 0 Å². The molecule has 0 amide bonds. The fourth-order valence-corrected chi connectivity index (χ4v) is 17.8. The first-order valence-electron chi connectivity index (χ1n) is 36.2. The molecule has 2 aromatic heterocycles. The molecule has 0 spiro atoms. The molecule has 2 heterocycles. The number of fused-ring (bicyclic) bond motifs is 1. The Bertz CT molecular complexity index is 7470. The maximum Gasteiger partial charge on any atom is 0.0998 e. The van der Waals surface area contributed by atoms with Gasteiger partial charge in [0.2, 0.25) is 0 Å². The van der Waals surface area contributed by atoms with Crippen molar-refractivity contribution >= 4 is 141 Å². The van der Waals surface area contributed by atoms with Crippen LogP contribution in [0.1, 0.15) is 11.1 Å². The van der Waals surface area contributed by atoms with Crippen molar-refractivity contribution in [2.45, 2.75) is 0 Å². The lowest BCUT2D eigenvalue weighted by atomic mass is 9.89.